The molecule has 0 aliphatic rings. The van der Waals surface area contributed by atoms with Gasteiger partial charge in [-0.3, -0.25) is 9.67 Å². The molecule has 4 nitrogen and oxygen atoms in total. The van der Waals surface area contributed by atoms with E-state index in [4.69, 9.17) is 0 Å². The fourth-order valence-corrected chi connectivity index (χ4v) is 2.21. The Morgan fingerprint density at radius 3 is 2.74 bits per heavy atom. The predicted molar refractivity (Wildman–Crippen MR) is 76.7 cm³/mol. The first-order valence-corrected chi connectivity index (χ1v) is 6.28. The third-order valence-electron chi connectivity index (χ3n) is 3.17. The summed E-state index contributed by atoms with van der Waals surface area (Å²) in [6, 6.07) is 8.53. The van der Waals surface area contributed by atoms with Crippen molar-refractivity contribution in [1.82, 2.24) is 20.1 Å². The lowest BCUT2D eigenvalue weighted by molar-refractivity contribution is 0.768. The zero-order valence-electron chi connectivity index (χ0n) is 11.1. The van der Waals surface area contributed by atoms with Crippen LogP contribution in [0.15, 0.2) is 42.9 Å². The molecule has 1 aromatic carbocycles. The molecule has 4 heteroatoms. The number of rotatable bonds is 3. The van der Waals surface area contributed by atoms with E-state index < -0.39 is 0 Å². The number of fused-ring (bicyclic) bond motifs is 1. The van der Waals surface area contributed by atoms with Crippen molar-refractivity contribution in [3.8, 4) is 11.1 Å². The Balaban J connectivity index is 2.08. The molecule has 96 valence electrons. The lowest BCUT2D eigenvalue weighted by atomic mass is 10.0. The molecule has 3 aromatic rings. The monoisotopic (exact) mass is 252 g/mol. The van der Waals surface area contributed by atoms with Crippen LogP contribution in [0.3, 0.4) is 0 Å². The quantitative estimate of drug-likeness (QED) is 0.778. The Morgan fingerprint density at radius 2 is 2.00 bits per heavy atom. The van der Waals surface area contributed by atoms with Gasteiger partial charge in [0, 0.05) is 36.9 Å². The second-order valence-electron chi connectivity index (χ2n) is 4.67. The topological polar surface area (TPSA) is 42.7 Å². The zero-order valence-corrected chi connectivity index (χ0v) is 11.1. The number of hydrogen-bond donors (Lipinski definition) is 1. The summed E-state index contributed by atoms with van der Waals surface area (Å²) < 4.78 is 1.82. The summed E-state index contributed by atoms with van der Waals surface area (Å²) in [7, 11) is 3.86. The van der Waals surface area contributed by atoms with Crippen LogP contribution in [0.5, 0.6) is 0 Å². The van der Waals surface area contributed by atoms with Crippen LogP contribution >= 0.6 is 0 Å². The molecule has 2 aromatic heterocycles. The highest BCUT2D eigenvalue weighted by molar-refractivity contribution is 5.86. The average molecular weight is 252 g/mol. The standard InChI is InChI=1S/C15H16N4/c1-16-9-15-6-13-5-11(3-4-12(13)7-17-15)14-8-18-19(2)10-14/h3-8,10,16H,9H2,1-2H3. The van der Waals surface area contributed by atoms with Crippen LogP contribution in [0, 0.1) is 0 Å². The number of nitrogens with one attached hydrogen (secondary N) is 1. The summed E-state index contributed by atoms with van der Waals surface area (Å²) in [6.45, 7) is 0.785. The molecule has 0 saturated heterocycles. The lowest BCUT2D eigenvalue weighted by Crippen LogP contribution is -2.06. The van der Waals surface area contributed by atoms with E-state index in [0.29, 0.717) is 0 Å². The van der Waals surface area contributed by atoms with E-state index in [9.17, 15) is 0 Å². The highest BCUT2D eigenvalue weighted by atomic mass is 15.2. The van der Waals surface area contributed by atoms with Crippen LogP contribution in [0.1, 0.15) is 5.69 Å². The molecular formula is C15H16N4. The van der Waals surface area contributed by atoms with E-state index in [-0.39, 0.29) is 0 Å². The van der Waals surface area contributed by atoms with Gasteiger partial charge in [0.05, 0.1) is 11.9 Å². The maximum atomic E-state index is 4.42. The van der Waals surface area contributed by atoms with Crippen molar-refractivity contribution in [1.29, 1.82) is 0 Å². The molecule has 0 aliphatic carbocycles. The number of benzene rings is 1. The van der Waals surface area contributed by atoms with Crippen LogP contribution in [0.25, 0.3) is 21.9 Å². The van der Waals surface area contributed by atoms with E-state index in [1.54, 1.807) is 0 Å². The molecule has 0 saturated carbocycles. The number of pyridine rings is 1. The van der Waals surface area contributed by atoms with Crippen molar-refractivity contribution in [2.24, 2.45) is 7.05 Å². The minimum atomic E-state index is 0.785. The van der Waals surface area contributed by atoms with Gasteiger partial charge in [0.1, 0.15) is 0 Å². The molecule has 2 heterocycles. The van der Waals surface area contributed by atoms with Gasteiger partial charge in [-0.2, -0.15) is 5.10 Å². The van der Waals surface area contributed by atoms with Crippen LogP contribution in [-0.4, -0.2) is 21.8 Å². The van der Waals surface area contributed by atoms with Gasteiger partial charge in [-0.1, -0.05) is 12.1 Å². The molecule has 0 aliphatic heterocycles. The van der Waals surface area contributed by atoms with E-state index in [1.807, 2.05) is 37.4 Å². The normalized spacial score (nSPS) is 11.1. The van der Waals surface area contributed by atoms with Crippen LogP contribution in [0.2, 0.25) is 0 Å². The second kappa shape index (κ2) is 4.82. The van der Waals surface area contributed by atoms with Crippen LogP contribution in [-0.2, 0) is 13.6 Å². The second-order valence-corrected chi connectivity index (χ2v) is 4.67. The molecule has 1 N–H and O–H groups in total. The first-order valence-electron chi connectivity index (χ1n) is 6.28. The Bertz CT molecular complexity index is 715. The van der Waals surface area contributed by atoms with Gasteiger partial charge in [0.2, 0.25) is 0 Å². The van der Waals surface area contributed by atoms with Gasteiger partial charge in [-0.15, -0.1) is 0 Å². The number of aromatic nitrogens is 3. The third kappa shape index (κ3) is 2.35. The molecule has 0 bridgehead atoms. The summed E-state index contributed by atoms with van der Waals surface area (Å²) in [4.78, 5) is 4.42. The predicted octanol–water partition coefficient (Wildman–Crippen LogP) is 2.35. The zero-order chi connectivity index (χ0) is 13.2. The van der Waals surface area contributed by atoms with Crippen molar-refractivity contribution in [2.45, 2.75) is 6.54 Å². The SMILES string of the molecule is CNCc1cc2cc(-c3cnn(C)c3)ccc2cn1. The molecule has 19 heavy (non-hydrogen) atoms. The fraction of sp³-hybridized carbons (Fsp3) is 0.200. The maximum Gasteiger partial charge on any atom is 0.0568 e. The summed E-state index contributed by atoms with van der Waals surface area (Å²) in [5, 5.41) is 9.71. The van der Waals surface area contributed by atoms with Gasteiger partial charge in [-0.05, 0) is 30.1 Å². The Hall–Kier alpha value is -2.20. The summed E-state index contributed by atoms with van der Waals surface area (Å²) in [6.07, 6.45) is 5.84. The van der Waals surface area contributed by atoms with Crippen molar-refractivity contribution in [3.05, 3.63) is 48.5 Å². The van der Waals surface area contributed by atoms with Crippen molar-refractivity contribution < 1.29 is 0 Å². The fourth-order valence-electron chi connectivity index (χ4n) is 2.21. The molecule has 0 amide bonds. The summed E-state index contributed by atoms with van der Waals surface area (Å²) in [5.74, 6) is 0. The largest absolute Gasteiger partial charge is 0.314 e. The minimum Gasteiger partial charge on any atom is -0.314 e. The van der Waals surface area contributed by atoms with Crippen molar-refractivity contribution in [2.75, 3.05) is 7.05 Å². The van der Waals surface area contributed by atoms with E-state index in [2.05, 4.69) is 39.7 Å². The van der Waals surface area contributed by atoms with Crippen LogP contribution < -0.4 is 5.32 Å². The highest BCUT2D eigenvalue weighted by Crippen LogP contribution is 2.24. The van der Waals surface area contributed by atoms with Crippen molar-refractivity contribution in [3.63, 3.8) is 0 Å². The minimum absolute atomic E-state index is 0.785. The summed E-state index contributed by atoms with van der Waals surface area (Å²) >= 11 is 0. The van der Waals surface area contributed by atoms with Gasteiger partial charge in [-0.25, -0.2) is 0 Å². The molecule has 3 rings (SSSR count). The number of aryl methyl sites for hydroxylation is 1. The molecule has 0 radical (unpaired) electrons. The summed E-state index contributed by atoms with van der Waals surface area (Å²) in [5.41, 5.74) is 3.37. The first kappa shape index (κ1) is 11.9. The number of nitrogens with zero attached hydrogens (tertiary/aromatic N) is 3. The molecule has 0 unspecified atom stereocenters. The Labute approximate surface area is 112 Å². The Kier molecular flexibility index (Phi) is 3.01. The third-order valence-corrected chi connectivity index (χ3v) is 3.17. The Morgan fingerprint density at radius 1 is 1.11 bits per heavy atom. The van der Waals surface area contributed by atoms with E-state index in [1.165, 1.54) is 10.9 Å². The van der Waals surface area contributed by atoms with Crippen molar-refractivity contribution >= 4 is 10.8 Å². The van der Waals surface area contributed by atoms with Gasteiger partial charge < -0.3 is 5.32 Å². The van der Waals surface area contributed by atoms with E-state index in [0.717, 1.165) is 23.2 Å². The molecule has 0 spiro atoms. The highest BCUT2D eigenvalue weighted by Gasteiger charge is 2.03. The molecular weight excluding hydrogens is 236 g/mol. The average Bonchev–Trinajstić information content (AvgIpc) is 2.85. The smallest absolute Gasteiger partial charge is 0.0568 e. The number of hydrogen-bond acceptors (Lipinski definition) is 3. The van der Waals surface area contributed by atoms with Gasteiger partial charge in [0.15, 0.2) is 0 Å². The van der Waals surface area contributed by atoms with Gasteiger partial charge >= 0.3 is 0 Å². The molecule has 0 fully saturated rings. The van der Waals surface area contributed by atoms with Crippen LogP contribution in [0.4, 0.5) is 0 Å². The van der Waals surface area contributed by atoms with E-state index >= 15 is 0 Å². The maximum absolute atomic E-state index is 4.42. The van der Waals surface area contributed by atoms with Gasteiger partial charge in [0.25, 0.3) is 0 Å². The molecule has 0 atom stereocenters. The lowest BCUT2D eigenvalue weighted by Gasteiger charge is -2.04. The first-order chi connectivity index (χ1) is 9.26.